The molecule has 0 radical (unpaired) electrons. The van der Waals surface area contributed by atoms with Crippen LogP contribution in [0.3, 0.4) is 0 Å². The summed E-state index contributed by atoms with van der Waals surface area (Å²) in [6.45, 7) is 6.44. The van der Waals surface area contributed by atoms with Crippen LogP contribution in [0.1, 0.15) is 18.1 Å². The first kappa shape index (κ1) is 11.4. The third kappa shape index (κ3) is 3.25. The van der Waals surface area contributed by atoms with Crippen molar-refractivity contribution in [1.82, 2.24) is 0 Å². The van der Waals surface area contributed by atoms with E-state index in [9.17, 15) is 0 Å². The fraction of sp³-hybridized carbons (Fsp3) is 0.273. The second-order valence-corrected chi connectivity index (χ2v) is 4.16. The van der Waals surface area contributed by atoms with Crippen LogP contribution in [0.4, 0.5) is 0 Å². The highest BCUT2D eigenvalue weighted by Gasteiger charge is 2.00. The van der Waals surface area contributed by atoms with E-state index >= 15 is 0 Å². The molecule has 0 bridgehead atoms. The average Bonchev–Trinajstić information content (AvgIpc) is 2.14. The van der Waals surface area contributed by atoms with Crippen molar-refractivity contribution in [2.45, 2.75) is 13.3 Å². The molecule has 0 atom stereocenters. The predicted octanol–water partition coefficient (Wildman–Crippen LogP) is 2.92. The van der Waals surface area contributed by atoms with E-state index in [1.165, 1.54) is 5.56 Å². The van der Waals surface area contributed by atoms with Crippen LogP contribution >= 0.6 is 15.9 Å². The highest BCUT2D eigenvalue weighted by molar-refractivity contribution is 9.10. The van der Waals surface area contributed by atoms with E-state index in [0.717, 1.165) is 22.0 Å². The van der Waals surface area contributed by atoms with Gasteiger partial charge in [0, 0.05) is 4.47 Å². The number of allylic oxidation sites excluding steroid dienone is 1. The molecule has 76 valence electrons. The van der Waals surface area contributed by atoms with Crippen molar-refractivity contribution < 1.29 is 4.84 Å². The summed E-state index contributed by atoms with van der Waals surface area (Å²) in [6.07, 6.45) is 0.816. The predicted molar refractivity (Wildman–Crippen MR) is 62.7 cm³/mol. The van der Waals surface area contributed by atoms with E-state index in [4.69, 9.17) is 5.90 Å². The summed E-state index contributed by atoms with van der Waals surface area (Å²) >= 11 is 3.46. The fourth-order valence-corrected chi connectivity index (χ4v) is 1.76. The molecule has 1 aromatic rings. The van der Waals surface area contributed by atoms with Crippen LogP contribution in [0.15, 0.2) is 29.3 Å². The van der Waals surface area contributed by atoms with Gasteiger partial charge in [-0.05, 0) is 36.6 Å². The highest BCUT2D eigenvalue weighted by atomic mass is 79.9. The standard InChI is InChI=1S/C11H14BrNO/c1-8(2)10-5-9(3-4-14-13)6-11(12)7-10/h5-7H,1,3-4,13H2,2H3. The third-order valence-electron chi connectivity index (χ3n) is 1.96. The number of halogens is 1. The quantitative estimate of drug-likeness (QED) is 0.840. The van der Waals surface area contributed by atoms with Gasteiger partial charge in [-0.25, -0.2) is 5.90 Å². The summed E-state index contributed by atoms with van der Waals surface area (Å²) in [5, 5.41) is 0. The van der Waals surface area contributed by atoms with E-state index in [1.807, 2.05) is 6.92 Å². The Hall–Kier alpha value is -0.640. The molecule has 0 amide bonds. The van der Waals surface area contributed by atoms with Crippen LogP contribution in [0.2, 0.25) is 0 Å². The Morgan fingerprint density at radius 3 is 2.79 bits per heavy atom. The molecule has 2 nitrogen and oxygen atoms in total. The molecule has 2 N–H and O–H groups in total. The van der Waals surface area contributed by atoms with Crippen LogP contribution in [0.5, 0.6) is 0 Å². The summed E-state index contributed by atoms with van der Waals surface area (Å²) in [4.78, 5) is 4.55. The molecular formula is C11H14BrNO. The highest BCUT2D eigenvalue weighted by Crippen LogP contribution is 2.20. The van der Waals surface area contributed by atoms with Gasteiger partial charge in [-0.2, -0.15) is 0 Å². The first-order chi connectivity index (χ1) is 6.63. The minimum Gasteiger partial charge on any atom is -0.304 e. The number of nitrogens with two attached hydrogens (primary N) is 1. The van der Waals surface area contributed by atoms with Gasteiger partial charge in [0.25, 0.3) is 0 Å². The van der Waals surface area contributed by atoms with E-state index in [2.05, 4.69) is 45.5 Å². The van der Waals surface area contributed by atoms with Gasteiger partial charge in [-0.15, -0.1) is 0 Å². The molecule has 0 saturated carbocycles. The van der Waals surface area contributed by atoms with Crippen molar-refractivity contribution >= 4 is 21.5 Å². The van der Waals surface area contributed by atoms with E-state index < -0.39 is 0 Å². The van der Waals surface area contributed by atoms with E-state index in [-0.39, 0.29) is 0 Å². The lowest BCUT2D eigenvalue weighted by Crippen LogP contribution is -2.03. The van der Waals surface area contributed by atoms with Crippen LogP contribution in [-0.4, -0.2) is 6.61 Å². The van der Waals surface area contributed by atoms with Crippen molar-refractivity contribution in [1.29, 1.82) is 0 Å². The van der Waals surface area contributed by atoms with E-state index in [1.54, 1.807) is 0 Å². The second kappa shape index (κ2) is 5.29. The second-order valence-electron chi connectivity index (χ2n) is 3.25. The Labute approximate surface area is 92.8 Å². The molecule has 0 spiro atoms. The SMILES string of the molecule is C=C(C)c1cc(Br)cc(CCON)c1. The van der Waals surface area contributed by atoms with Crippen LogP contribution in [-0.2, 0) is 11.3 Å². The molecule has 1 aromatic carbocycles. The molecule has 0 unspecified atom stereocenters. The van der Waals surface area contributed by atoms with Gasteiger partial charge >= 0.3 is 0 Å². The summed E-state index contributed by atoms with van der Waals surface area (Å²) in [5.41, 5.74) is 3.40. The van der Waals surface area contributed by atoms with Gasteiger partial charge < -0.3 is 4.84 Å². The number of benzene rings is 1. The van der Waals surface area contributed by atoms with Gasteiger partial charge in [-0.1, -0.05) is 34.1 Å². The summed E-state index contributed by atoms with van der Waals surface area (Å²) in [6, 6.07) is 6.21. The smallest absolute Gasteiger partial charge is 0.0719 e. The molecule has 0 fully saturated rings. The Morgan fingerprint density at radius 1 is 1.50 bits per heavy atom. The first-order valence-corrected chi connectivity index (χ1v) is 5.20. The number of hydrogen-bond donors (Lipinski definition) is 1. The van der Waals surface area contributed by atoms with Crippen molar-refractivity contribution in [2.75, 3.05) is 6.61 Å². The average molecular weight is 256 g/mol. The van der Waals surface area contributed by atoms with Crippen molar-refractivity contribution in [3.63, 3.8) is 0 Å². The largest absolute Gasteiger partial charge is 0.304 e. The van der Waals surface area contributed by atoms with Gasteiger partial charge in [0.15, 0.2) is 0 Å². The lowest BCUT2D eigenvalue weighted by molar-refractivity contribution is 0.141. The minimum absolute atomic E-state index is 0.534. The normalized spacial score (nSPS) is 10.2. The maximum Gasteiger partial charge on any atom is 0.0719 e. The monoisotopic (exact) mass is 255 g/mol. The lowest BCUT2D eigenvalue weighted by atomic mass is 10.0. The molecule has 14 heavy (non-hydrogen) atoms. The zero-order chi connectivity index (χ0) is 10.6. The number of rotatable bonds is 4. The Balaban J connectivity index is 2.89. The van der Waals surface area contributed by atoms with Gasteiger partial charge in [0.2, 0.25) is 0 Å². The first-order valence-electron chi connectivity index (χ1n) is 4.40. The van der Waals surface area contributed by atoms with Crippen molar-refractivity contribution in [3.8, 4) is 0 Å². The Morgan fingerprint density at radius 2 is 2.21 bits per heavy atom. The maximum atomic E-state index is 4.98. The van der Waals surface area contributed by atoms with Gasteiger partial charge in [0.1, 0.15) is 0 Å². The molecule has 1 rings (SSSR count). The lowest BCUT2D eigenvalue weighted by Gasteiger charge is -2.06. The third-order valence-corrected chi connectivity index (χ3v) is 2.42. The van der Waals surface area contributed by atoms with Crippen molar-refractivity contribution in [2.24, 2.45) is 5.90 Å². The summed E-state index contributed by atoms with van der Waals surface area (Å²) in [5.74, 6) is 4.98. The van der Waals surface area contributed by atoms with E-state index in [0.29, 0.717) is 6.61 Å². The van der Waals surface area contributed by atoms with Crippen LogP contribution in [0.25, 0.3) is 5.57 Å². The Kier molecular flexibility index (Phi) is 4.32. The molecule has 0 aliphatic carbocycles. The molecule has 3 heteroatoms. The topological polar surface area (TPSA) is 35.2 Å². The maximum absolute atomic E-state index is 4.98. The molecule has 0 aliphatic heterocycles. The summed E-state index contributed by atoms with van der Waals surface area (Å²) in [7, 11) is 0. The fourth-order valence-electron chi connectivity index (χ4n) is 1.22. The Bertz CT molecular complexity index is 336. The molecule has 0 saturated heterocycles. The zero-order valence-electron chi connectivity index (χ0n) is 8.22. The van der Waals surface area contributed by atoms with Crippen LogP contribution < -0.4 is 5.90 Å². The summed E-state index contributed by atoms with van der Waals surface area (Å²) < 4.78 is 1.06. The minimum atomic E-state index is 0.534. The van der Waals surface area contributed by atoms with Crippen LogP contribution in [0, 0.1) is 0 Å². The molecule has 0 aromatic heterocycles. The zero-order valence-corrected chi connectivity index (χ0v) is 9.80. The van der Waals surface area contributed by atoms with Gasteiger partial charge in [-0.3, -0.25) is 0 Å². The molecular weight excluding hydrogens is 242 g/mol. The molecule has 0 heterocycles. The number of hydrogen-bond acceptors (Lipinski definition) is 2. The van der Waals surface area contributed by atoms with Crippen molar-refractivity contribution in [3.05, 3.63) is 40.4 Å². The molecule has 0 aliphatic rings. The van der Waals surface area contributed by atoms with Gasteiger partial charge in [0.05, 0.1) is 6.61 Å².